The smallest absolute Gasteiger partial charge is 0.414 e. The lowest BCUT2D eigenvalue weighted by Crippen LogP contribution is -2.23. The maximum atomic E-state index is 11.5. The van der Waals surface area contributed by atoms with Crippen molar-refractivity contribution in [2.75, 3.05) is 18.1 Å². The van der Waals surface area contributed by atoms with Gasteiger partial charge in [0.15, 0.2) is 0 Å². The van der Waals surface area contributed by atoms with Crippen LogP contribution in [-0.4, -0.2) is 19.2 Å². The third-order valence-corrected chi connectivity index (χ3v) is 3.43. The monoisotopic (exact) mass is 286 g/mol. The fraction of sp³-hybridized carbons (Fsp3) is 0.312. The van der Waals surface area contributed by atoms with Crippen LogP contribution in [0.4, 0.5) is 10.5 Å². The van der Waals surface area contributed by atoms with E-state index in [1.807, 2.05) is 43.3 Å². The Morgan fingerprint density at radius 1 is 1.14 bits per heavy atom. The van der Waals surface area contributed by atoms with Gasteiger partial charge in [0, 0.05) is 12.2 Å². The number of benzene rings is 1. The minimum absolute atomic E-state index is 0.269. The predicted molar refractivity (Wildman–Crippen MR) is 79.1 cm³/mol. The van der Waals surface area contributed by atoms with Crippen molar-refractivity contribution in [1.29, 1.82) is 0 Å². The zero-order valence-corrected chi connectivity index (χ0v) is 12.0. The van der Waals surface area contributed by atoms with E-state index < -0.39 is 0 Å². The van der Waals surface area contributed by atoms with Crippen molar-refractivity contribution in [2.45, 2.75) is 20.0 Å². The number of rotatable bonds is 5. The quantitative estimate of drug-likeness (QED) is 0.918. The summed E-state index contributed by atoms with van der Waals surface area (Å²) in [5, 5.41) is 3.33. The van der Waals surface area contributed by atoms with Crippen molar-refractivity contribution in [3.8, 4) is 0 Å². The summed E-state index contributed by atoms with van der Waals surface area (Å²) in [6.45, 7) is 4.48. The number of cyclic esters (lactones) is 1. The second-order valence-corrected chi connectivity index (χ2v) is 5.05. The molecule has 3 rings (SSSR count). The van der Waals surface area contributed by atoms with Crippen molar-refractivity contribution < 1.29 is 13.9 Å². The van der Waals surface area contributed by atoms with Crippen molar-refractivity contribution in [2.24, 2.45) is 0 Å². The third kappa shape index (κ3) is 3.25. The molecule has 1 N–H and O–H groups in total. The van der Waals surface area contributed by atoms with Crippen LogP contribution < -0.4 is 10.2 Å². The molecule has 0 aliphatic carbocycles. The number of carbonyl (C=O) groups excluding carboxylic acids is 1. The Balaban J connectivity index is 1.53. The first-order chi connectivity index (χ1) is 10.2. The lowest BCUT2D eigenvalue weighted by molar-refractivity contribution is 0.181. The number of anilines is 1. The first kappa shape index (κ1) is 13.7. The Morgan fingerprint density at radius 3 is 2.57 bits per heavy atom. The lowest BCUT2D eigenvalue weighted by Gasteiger charge is -2.13. The van der Waals surface area contributed by atoms with Gasteiger partial charge in [0.05, 0.1) is 13.1 Å². The normalized spacial score (nSPS) is 14.5. The molecule has 0 atom stereocenters. The molecule has 1 fully saturated rings. The first-order valence-corrected chi connectivity index (χ1v) is 7.01. The molecule has 1 aliphatic rings. The zero-order chi connectivity index (χ0) is 14.7. The molecule has 110 valence electrons. The summed E-state index contributed by atoms with van der Waals surface area (Å²) < 4.78 is 10.4. The highest BCUT2D eigenvalue weighted by Crippen LogP contribution is 2.19. The Kier molecular flexibility index (Phi) is 3.92. The summed E-state index contributed by atoms with van der Waals surface area (Å²) in [5.74, 6) is 1.86. The van der Waals surface area contributed by atoms with Crippen molar-refractivity contribution in [1.82, 2.24) is 5.32 Å². The number of aryl methyl sites for hydroxylation is 1. The van der Waals surface area contributed by atoms with Gasteiger partial charge >= 0.3 is 6.09 Å². The minimum Gasteiger partial charge on any atom is -0.465 e. The van der Waals surface area contributed by atoms with E-state index >= 15 is 0 Å². The minimum atomic E-state index is -0.269. The van der Waals surface area contributed by atoms with Gasteiger partial charge in [-0.15, -0.1) is 0 Å². The molecular formula is C16H18N2O3. The molecule has 2 heterocycles. The lowest BCUT2D eigenvalue weighted by atomic mass is 10.2. The SMILES string of the molecule is Cc1ccc(CNCc2ccc(N3CCOC3=O)cc2)o1. The van der Waals surface area contributed by atoms with Crippen LogP contribution >= 0.6 is 0 Å². The van der Waals surface area contributed by atoms with Crippen LogP contribution in [0, 0.1) is 6.92 Å². The van der Waals surface area contributed by atoms with Crippen LogP contribution in [0.3, 0.4) is 0 Å². The van der Waals surface area contributed by atoms with Gasteiger partial charge in [0.1, 0.15) is 18.1 Å². The summed E-state index contributed by atoms with van der Waals surface area (Å²) >= 11 is 0. The van der Waals surface area contributed by atoms with E-state index in [2.05, 4.69) is 5.32 Å². The van der Waals surface area contributed by atoms with E-state index in [0.717, 1.165) is 29.3 Å². The van der Waals surface area contributed by atoms with E-state index in [4.69, 9.17) is 9.15 Å². The van der Waals surface area contributed by atoms with Gasteiger partial charge in [-0.3, -0.25) is 4.90 Å². The fourth-order valence-corrected chi connectivity index (χ4v) is 2.33. The number of carbonyl (C=O) groups is 1. The molecule has 1 amide bonds. The fourth-order valence-electron chi connectivity index (χ4n) is 2.33. The number of furan rings is 1. The second kappa shape index (κ2) is 6.01. The van der Waals surface area contributed by atoms with Gasteiger partial charge in [0.2, 0.25) is 0 Å². The number of amides is 1. The first-order valence-electron chi connectivity index (χ1n) is 7.01. The molecule has 1 aromatic heterocycles. The summed E-state index contributed by atoms with van der Waals surface area (Å²) in [5.41, 5.74) is 2.04. The van der Waals surface area contributed by atoms with Crippen LogP contribution in [-0.2, 0) is 17.8 Å². The molecule has 5 heteroatoms. The number of hydrogen-bond donors (Lipinski definition) is 1. The van der Waals surface area contributed by atoms with E-state index in [1.165, 1.54) is 0 Å². The summed E-state index contributed by atoms with van der Waals surface area (Å²) in [6.07, 6.45) is -0.269. The predicted octanol–water partition coefficient (Wildman–Crippen LogP) is 2.83. The average Bonchev–Trinajstić information content (AvgIpc) is 3.09. The van der Waals surface area contributed by atoms with Gasteiger partial charge < -0.3 is 14.5 Å². The van der Waals surface area contributed by atoms with Gasteiger partial charge in [-0.1, -0.05) is 12.1 Å². The van der Waals surface area contributed by atoms with Crippen LogP contribution in [0.25, 0.3) is 0 Å². The van der Waals surface area contributed by atoms with Crippen LogP contribution in [0.5, 0.6) is 0 Å². The Hall–Kier alpha value is -2.27. The van der Waals surface area contributed by atoms with E-state index in [0.29, 0.717) is 19.7 Å². The van der Waals surface area contributed by atoms with Crippen molar-refractivity contribution in [3.63, 3.8) is 0 Å². The Labute approximate surface area is 123 Å². The van der Waals surface area contributed by atoms with E-state index in [-0.39, 0.29) is 6.09 Å². The third-order valence-electron chi connectivity index (χ3n) is 3.43. The highest BCUT2D eigenvalue weighted by atomic mass is 16.6. The number of hydrogen-bond acceptors (Lipinski definition) is 4. The topological polar surface area (TPSA) is 54.7 Å². The van der Waals surface area contributed by atoms with Gasteiger partial charge in [-0.05, 0) is 36.8 Å². The summed E-state index contributed by atoms with van der Waals surface area (Å²) in [6, 6.07) is 11.9. The van der Waals surface area contributed by atoms with Crippen LogP contribution in [0.2, 0.25) is 0 Å². The molecule has 5 nitrogen and oxygen atoms in total. The second-order valence-electron chi connectivity index (χ2n) is 5.05. The Morgan fingerprint density at radius 2 is 1.95 bits per heavy atom. The molecule has 1 aromatic carbocycles. The van der Waals surface area contributed by atoms with Crippen molar-refractivity contribution >= 4 is 11.8 Å². The molecule has 0 unspecified atom stereocenters. The molecular weight excluding hydrogens is 268 g/mol. The van der Waals surface area contributed by atoms with Gasteiger partial charge in [-0.2, -0.15) is 0 Å². The highest BCUT2D eigenvalue weighted by Gasteiger charge is 2.23. The van der Waals surface area contributed by atoms with Gasteiger partial charge in [-0.25, -0.2) is 4.79 Å². The van der Waals surface area contributed by atoms with Crippen molar-refractivity contribution in [3.05, 3.63) is 53.5 Å². The number of nitrogens with one attached hydrogen (secondary N) is 1. The summed E-state index contributed by atoms with van der Waals surface area (Å²) in [4.78, 5) is 13.1. The maximum absolute atomic E-state index is 11.5. The van der Waals surface area contributed by atoms with E-state index in [1.54, 1.807) is 4.90 Å². The van der Waals surface area contributed by atoms with Crippen LogP contribution in [0.15, 0.2) is 40.8 Å². The highest BCUT2D eigenvalue weighted by molar-refractivity contribution is 5.89. The van der Waals surface area contributed by atoms with E-state index in [9.17, 15) is 4.79 Å². The molecule has 21 heavy (non-hydrogen) atoms. The molecule has 0 saturated carbocycles. The largest absolute Gasteiger partial charge is 0.465 e. The molecule has 0 radical (unpaired) electrons. The molecule has 0 spiro atoms. The standard InChI is InChI=1S/C16H18N2O3/c1-12-2-7-15(21-12)11-17-10-13-3-5-14(6-4-13)18-8-9-20-16(18)19/h2-7,17H,8-11H2,1H3. The number of nitrogens with zero attached hydrogens (tertiary/aromatic N) is 1. The molecule has 2 aromatic rings. The maximum Gasteiger partial charge on any atom is 0.414 e. The molecule has 0 bridgehead atoms. The number of ether oxygens (including phenoxy) is 1. The zero-order valence-electron chi connectivity index (χ0n) is 12.0. The molecule has 1 aliphatic heterocycles. The Bertz CT molecular complexity index is 619. The molecule has 1 saturated heterocycles. The van der Waals surface area contributed by atoms with Crippen LogP contribution in [0.1, 0.15) is 17.1 Å². The van der Waals surface area contributed by atoms with Gasteiger partial charge in [0.25, 0.3) is 0 Å². The average molecular weight is 286 g/mol. The summed E-state index contributed by atoms with van der Waals surface area (Å²) in [7, 11) is 0.